The lowest BCUT2D eigenvalue weighted by molar-refractivity contribution is 0.169. The van der Waals surface area contributed by atoms with E-state index >= 15 is 0 Å². The Morgan fingerprint density at radius 3 is 2.40 bits per heavy atom. The lowest BCUT2D eigenvalue weighted by Gasteiger charge is -2.34. The standard InChI is InChI=1S/C12H23NOS/c1-4-14-11(15)12(2,3)10-13-8-6-5-7-9-13/h4-10H2,1-3H3. The van der Waals surface area contributed by atoms with Gasteiger partial charge in [0.25, 0.3) is 0 Å². The molecule has 1 fully saturated rings. The summed E-state index contributed by atoms with van der Waals surface area (Å²) in [6, 6.07) is 0. The first-order valence-corrected chi connectivity index (χ1v) is 6.36. The molecule has 0 amide bonds. The van der Waals surface area contributed by atoms with Crippen molar-refractivity contribution in [3.05, 3.63) is 0 Å². The lowest BCUT2D eigenvalue weighted by atomic mass is 9.93. The quantitative estimate of drug-likeness (QED) is 0.688. The van der Waals surface area contributed by atoms with Crippen molar-refractivity contribution in [2.24, 2.45) is 5.41 Å². The largest absolute Gasteiger partial charge is 0.487 e. The van der Waals surface area contributed by atoms with Crippen molar-refractivity contribution in [3.63, 3.8) is 0 Å². The van der Waals surface area contributed by atoms with Crippen LogP contribution in [-0.4, -0.2) is 36.2 Å². The van der Waals surface area contributed by atoms with E-state index in [-0.39, 0.29) is 5.41 Å². The summed E-state index contributed by atoms with van der Waals surface area (Å²) in [5, 5.41) is 0.760. The predicted molar refractivity (Wildman–Crippen MR) is 68.3 cm³/mol. The molecule has 0 aromatic carbocycles. The first kappa shape index (κ1) is 12.9. The summed E-state index contributed by atoms with van der Waals surface area (Å²) < 4.78 is 5.45. The molecule has 15 heavy (non-hydrogen) atoms. The number of hydrogen-bond donors (Lipinski definition) is 0. The Balaban J connectivity index is 2.42. The van der Waals surface area contributed by atoms with Crippen LogP contribution in [0.5, 0.6) is 0 Å². The maximum atomic E-state index is 5.45. The van der Waals surface area contributed by atoms with E-state index in [4.69, 9.17) is 17.0 Å². The van der Waals surface area contributed by atoms with Crippen LogP contribution in [0.3, 0.4) is 0 Å². The van der Waals surface area contributed by atoms with Crippen LogP contribution in [0.1, 0.15) is 40.0 Å². The monoisotopic (exact) mass is 229 g/mol. The zero-order valence-electron chi connectivity index (χ0n) is 10.2. The minimum absolute atomic E-state index is 0.00266. The molecule has 1 aliphatic rings. The molecule has 3 heteroatoms. The normalized spacial score (nSPS) is 18.9. The number of thiocarbonyl (C=S) groups is 1. The highest BCUT2D eigenvalue weighted by atomic mass is 32.1. The van der Waals surface area contributed by atoms with E-state index in [2.05, 4.69) is 18.7 Å². The molecule has 0 radical (unpaired) electrons. The van der Waals surface area contributed by atoms with E-state index in [0.29, 0.717) is 6.61 Å². The minimum Gasteiger partial charge on any atom is -0.487 e. The fourth-order valence-corrected chi connectivity index (χ4v) is 2.25. The summed E-state index contributed by atoms with van der Waals surface area (Å²) in [5.41, 5.74) is 0.00266. The topological polar surface area (TPSA) is 12.5 Å². The van der Waals surface area contributed by atoms with Crippen LogP contribution in [0.15, 0.2) is 0 Å². The van der Waals surface area contributed by atoms with Gasteiger partial charge in [-0.25, -0.2) is 0 Å². The van der Waals surface area contributed by atoms with Gasteiger partial charge in [-0.05, 0) is 45.1 Å². The van der Waals surface area contributed by atoms with Crippen LogP contribution in [0.2, 0.25) is 0 Å². The SMILES string of the molecule is CCOC(=S)C(C)(C)CN1CCCCC1. The molecule has 1 rings (SSSR count). The zero-order valence-corrected chi connectivity index (χ0v) is 11.0. The number of hydrogen-bond acceptors (Lipinski definition) is 3. The van der Waals surface area contributed by atoms with Crippen LogP contribution in [0, 0.1) is 5.41 Å². The van der Waals surface area contributed by atoms with E-state index in [9.17, 15) is 0 Å². The molecule has 0 aromatic heterocycles. The third kappa shape index (κ3) is 4.07. The van der Waals surface area contributed by atoms with Crippen LogP contribution in [-0.2, 0) is 4.74 Å². The van der Waals surface area contributed by atoms with E-state index in [1.807, 2.05) is 6.92 Å². The summed E-state index contributed by atoms with van der Waals surface area (Å²) in [6.07, 6.45) is 4.04. The van der Waals surface area contributed by atoms with Gasteiger partial charge in [0.1, 0.15) is 0 Å². The molecule has 0 saturated carbocycles. The molecule has 0 aromatic rings. The van der Waals surface area contributed by atoms with Gasteiger partial charge in [-0.15, -0.1) is 0 Å². The first-order chi connectivity index (χ1) is 7.06. The molecule has 0 aliphatic carbocycles. The maximum Gasteiger partial charge on any atom is 0.166 e. The average Bonchev–Trinajstić information content (AvgIpc) is 2.19. The van der Waals surface area contributed by atoms with E-state index < -0.39 is 0 Å². The molecule has 0 unspecified atom stereocenters. The Morgan fingerprint density at radius 1 is 1.27 bits per heavy atom. The Bertz CT molecular complexity index is 210. The molecule has 0 N–H and O–H groups in total. The Hall–Kier alpha value is -0.150. The fourth-order valence-electron chi connectivity index (χ4n) is 2.07. The highest BCUT2D eigenvalue weighted by molar-refractivity contribution is 7.80. The third-order valence-electron chi connectivity index (χ3n) is 2.90. The minimum atomic E-state index is 0.00266. The van der Waals surface area contributed by atoms with Crippen LogP contribution in [0.25, 0.3) is 0 Å². The van der Waals surface area contributed by atoms with Gasteiger partial charge in [-0.1, -0.05) is 20.3 Å². The Morgan fingerprint density at radius 2 is 1.87 bits per heavy atom. The summed E-state index contributed by atoms with van der Waals surface area (Å²) in [5.74, 6) is 0. The summed E-state index contributed by atoms with van der Waals surface area (Å²) >= 11 is 5.31. The van der Waals surface area contributed by atoms with Gasteiger partial charge in [0.2, 0.25) is 0 Å². The van der Waals surface area contributed by atoms with Crippen molar-refractivity contribution < 1.29 is 4.74 Å². The van der Waals surface area contributed by atoms with Gasteiger partial charge in [-0.3, -0.25) is 0 Å². The predicted octanol–water partition coefficient (Wildman–Crippen LogP) is 2.86. The van der Waals surface area contributed by atoms with Crippen LogP contribution < -0.4 is 0 Å². The van der Waals surface area contributed by atoms with E-state index in [0.717, 1.165) is 11.6 Å². The van der Waals surface area contributed by atoms with Crippen molar-refractivity contribution >= 4 is 17.3 Å². The van der Waals surface area contributed by atoms with Crippen molar-refractivity contribution in [3.8, 4) is 0 Å². The number of rotatable bonds is 4. The molecule has 2 nitrogen and oxygen atoms in total. The number of likely N-dealkylation sites (tertiary alicyclic amines) is 1. The lowest BCUT2D eigenvalue weighted by Crippen LogP contribution is -2.41. The van der Waals surface area contributed by atoms with Gasteiger partial charge in [0.05, 0.1) is 6.61 Å². The summed E-state index contributed by atoms with van der Waals surface area (Å²) in [7, 11) is 0. The molecule has 0 atom stereocenters. The maximum absolute atomic E-state index is 5.45. The summed E-state index contributed by atoms with van der Waals surface area (Å²) in [4.78, 5) is 2.51. The zero-order chi connectivity index (χ0) is 11.3. The fraction of sp³-hybridized carbons (Fsp3) is 0.917. The highest BCUT2D eigenvalue weighted by Gasteiger charge is 2.28. The van der Waals surface area contributed by atoms with Crippen molar-refractivity contribution in [1.82, 2.24) is 4.90 Å². The first-order valence-electron chi connectivity index (χ1n) is 5.96. The van der Waals surface area contributed by atoms with Crippen LogP contribution in [0.4, 0.5) is 0 Å². The molecule has 1 saturated heterocycles. The van der Waals surface area contributed by atoms with Gasteiger partial charge in [0.15, 0.2) is 5.05 Å². The molecule has 88 valence electrons. The van der Waals surface area contributed by atoms with E-state index in [1.54, 1.807) is 0 Å². The second kappa shape index (κ2) is 5.80. The van der Waals surface area contributed by atoms with Crippen molar-refractivity contribution in [1.29, 1.82) is 0 Å². The number of nitrogens with zero attached hydrogens (tertiary/aromatic N) is 1. The van der Waals surface area contributed by atoms with Crippen molar-refractivity contribution in [2.45, 2.75) is 40.0 Å². The Labute approximate surface area is 99.0 Å². The second-order valence-corrected chi connectivity index (χ2v) is 5.31. The van der Waals surface area contributed by atoms with Crippen molar-refractivity contribution in [2.75, 3.05) is 26.2 Å². The highest BCUT2D eigenvalue weighted by Crippen LogP contribution is 2.22. The van der Waals surface area contributed by atoms with Gasteiger partial charge >= 0.3 is 0 Å². The Kier molecular flexibility index (Phi) is 5.00. The third-order valence-corrected chi connectivity index (χ3v) is 3.57. The molecule has 1 aliphatic heterocycles. The molecular weight excluding hydrogens is 206 g/mol. The van der Waals surface area contributed by atoms with E-state index in [1.165, 1.54) is 32.4 Å². The second-order valence-electron chi connectivity index (χ2n) is 4.94. The van der Waals surface area contributed by atoms with Gasteiger partial charge in [-0.2, -0.15) is 0 Å². The van der Waals surface area contributed by atoms with Gasteiger partial charge < -0.3 is 9.64 Å². The average molecular weight is 229 g/mol. The van der Waals surface area contributed by atoms with Gasteiger partial charge in [0, 0.05) is 12.0 Å². The molecule has 0 bridgehead atoms. The summed E-state index contributed by atoms with van der Waals surface area (Å²) in [6.45, 7) is 10.5. The number of ether oxygens (including phenoxy) is 1. The van der Waals surface area contributed by atoms with Crippen LogP contribution >= 0.6 is 12.2 Å². The molecule has 0 spiro atoms. The smallest absolute Gasteiger partial charge is 0.166 e. The number of piperidine rings is 1. The molecule has 1 heterocycles. The molecular formula is C12H23NOS.